The van der Waals surface area contributed by atoms with Crippen LogP contribution in [0.15, 0.2) is 23.8 Å². The second kappa shape index (κ2) is 2.09. The smallest absolute Gasteiger partial charge is 0.146 e. The van der Waals surface area contributed by atoms with Crippen LogP contribution in [-0.2, 0) is 4.79 Å². The quantitative estimate of drug-likeness (QED) is 0.423. The molecule has 0 radical (unpaired) electrons. The summed E-state index contributed by atoms with van der Waals surface area (Å²) in [5.74, 6) is 2.85. The van der Waals surface area contributed by atoms with E-state index in [2.05, 4.69) is 18.2 Å². The third-order valence-corrected chi connectivity index (χ3v) is 3.77. The molecule has 1 fully saturated rings. The fraction of sp³-hybridized carbons (Fsp3) is 0.545. The molecule has 0 saturated heterocycles. The van der Waals surface area contributed by atoms with E-state index in [9.17, 15) is 4.79 Å². The summed E-state index contributed by atoms with van der Waals surface area (Å²) in [6.45, 7) is 0. The zero-order valence-electron chi connectivity index (χ0n) is 6.94. The van der Waals surface area contributed by atoms with Crippen LogP contribution in [0, 0.1) is 23.7 Å². The van der Waals surface area contributed by atoms with Crippen molar-refractivity contribution in [2.45, 2.75) is 12.8 Å². The zero-order valence-corrected chi connectivity index (χ0v) is 6.94. The normalized spacial score (nSPS) is 47.8. The molecule has 12 heavy (non-hydrogen) atoms. The zero-order chi connectivity index (χ0) is 8.13. The van der Waals surface area contributed by atoms with Crippen LogP contribution in [0.2, 0.25) is 0 Å². The molecule has 0 amide bonds. The van der Waals surface area contributed by atoms with Gasteiger partial charge in [0.15, 0.2) is 0 Å². The molecule has 1 heteroatoms. The number of hydrogen-bond acceptors (Lipinski definition) is 1. The van der Waals surface area contributed by atoms with Crippen LogP contribution in [0.3, 0.4) is 0 Å². The van der Waals surface area contributed by atoms with E-state index in [1.54, 1.807) is 0 Å². The molecule has 0 spiro atoms. The lowest BCUT2D eigenvalue weighted by Crippen LogP contribution is -2.17. The first-order chi connectivity index (χ1) is 5.90. The third kappa shape index (κ3) is 0.626. The van der Waals surface area contributed by atoms with Gasteiger partial charge in [-0.15, -0.1) is 0 Å². The molecule has 1 nitrogen and oxygen atoms in total. The largest absolute Gasteiger partial charge is 0.298 e. The monoisotopic (exact) mass is 160 g/mol. The van der Waals surface area contributed by atoms with Crippen molar-refractivity contribution in [3.63, 3.8) is 0 Å². The Morgan fingerprint density at radius 1 is 1.50 bits per heavy atom. The SMILES string of the molecule is O=CC1=C[C@@H]2C[C@H]1[C@H]1CC=C[C@@H]12. The summed E-state index contributed by atoms with van der Waals surface area (Å²) >= 11 is 0. The summed E-state index contributed by atoms with van der Waals surface area (Å²) in [5.41, 5.74) is 1.09. The molecule has 0 aliphatic heterocycles. The standard InChI is InChI=1S/C11H12O/c12-6-8-4-7-5-11(8)10-3-1-2-9(7)10/h1-2,4,6-7,9-11H,3,5H2/t7-,9-,10+,11-/m1/s1. The minimum absolute atomic E-state index is 0.604. The van der Waals surface area contributed by atoms with E-state index in [4.69, 9.17) is 0 Å². The first kappa shape index (κ1) is 6.64. The average Bonchev–Trinajstić information content (AvgIpc) is 2.75. The number of aldehydes is 1. The fourth-order valence-electron chi connectivity index (χ4n) is 3.27. The molecule has 3 rings (SSSR count). The van der Waals surface area contributed by atoms with Gasteiger partial charge in [-0.1, -0.05) is 18.2 Å². The fourth-order valence-corrected chi connectivity index (χ4v) is 3.27. The van der Waals surface area contributed by atoms with E-state index in [-0.39, 0.29) is 0 Å². The van der Waals surface area contributed by atoms with Crippen molar-refractivity contribution in [2.24, 2.45) is 23.7 Å². The van der Waals surface area contributed by atoms with Gasteiger partial charge in [-0.3, -0.25) is 4.79 Å². The highest BCUT2D eigenvalue weighted by Crippen LogP contribution is 2.55. The topological polar surface area (TPSA) is 17.1 Å². The Morgan fingerprint density at radius 3 is 3.25 bits per heavy atom. The maximum Gasteiger partial charge on any atom is 0.146 e. The molecule has 1 saturated carbocycles. The van der Waals surface area contributed by atoms with E-state index < -0.39 is 0 Å². The Balaban J connectivity index is 2.00. The lowest BCUT2D eigenvalue weighted by atomic mass is 9.82. The summed E-state index contributed by atoms with van der Waals surface area (Å²) in [6.07, 6.45) is 10.4. The van der Waals surface area contributed by atoms with Crippen LogP contribution in [0.4, 0.5) is 0 Å². The Morgan fingerprint density at radius 2 is 2.42 bits per heavy atom. The van der Waals surface area contributed by atoms with Crippen LogP contribution in [0.25, 0.3) is 0 Å². The molecular formula is C11H12O. The first-order valence-electron chi connectivity index (χ1n) is 4.73. The molecule has 0 heterocycles. The molecule has 0 unspecified atom stereocenters. The van der Waals surface area contributed by atoms with Gasteiger partial charge in [0.2, 0.25) is 0 Å². The number of allylic oxidation sites excluding steroid dienone is 4. The lowest BCUT2D eigenvalue weighted by molar-refractivity contribution is -0.105. The van der Waals surface area contributed by atoms with Crippen molar-refractivity contribution in [1.29, 1.82) is 0 Å². The Kier molecular flexibility index (Phi) is 1.16. The van der Waals surface area contributed by atoms with E-state index >= 15 is 0 Å². The predicted molar refractivity (Wildman–Crippen MR) is 46.5 cm³/mol. The average molecular weight is 160 g/mol. The van der Waals surface area contributed by atoms with Crippen molar-refractivity contribution in [2.75, 3.05) is 0 Å². The van der Waals surface area contributed by atoms with Crippen LogP contribution in [0.5, 0.6) is 0 Å². The van der Waals surface area contributed by atoms with Crippen molar-refractivity contribution < 1.29 is 4.79 Å². The summed E-state index contributed by atoms with van der Waals surface area (Å²) in [5, 5.41) is 0. The highest BCUT2D eigenvalue weighted by Gasteiger charge is 2.47. The van der Waals surface area contributed by atoms with E-state index in [0.29, 0.717) is 11.8 Å². The van der Waals surface area contributed by atoms with E-state index in [0.717, 1.165) is 23.7 Å². The molecule has 62 valence electrons. The van der Waals surface area contributed by atoms with Gasteiger partial charge < -0.3 is 0 Å². The first-order valence-corrected chi connectivity index (χ1v) is 4.73. The molecule has 3 aliphatic carbocycles. The maximum atomic E-state index is 10.7. The molecular weight excluding hydrogens is 148 g/mol. The van der Waals surface area contributed by atoms with Crippen LogP contribution < -0.4 is 0 Å². The van der Waals surface area contributed by atoms with Crippen LogP contribution in [0.1, 0.15) is 12.8 Å². The second-order valence-corrected chi connectivity index (χ2v) is 4.20. The van der Waals surface area contributed by atoms with Gasteiger partial charge in [0.1, 0.15) is 6.29 Å². The number of rotatable bonds is 1. The molecule has 3 aliphatic rings. The number of hydrogen-bond donors (Lipinski definition) is 0. The van der Waals surface area contributed by atoms with E-state index in [1.165, 1.54) is 12.8 Å². The van der Waals surface area contributed by atoms with Crippen molar-refractivity contribution >= 4 is 6.29 Å². The minimum Gasteiger partial charge on any atom is -0.298 e. The molecule has 2 bridgehead atoms. The van der Waals surface area contributed by atoms with Crippen molar-refractivity contribution in [3.05, 3.63) is 23.8 Å². The highest BCUT2D eigenvalue weighted by atomic mass is 16.1. The number of carbonyl (C=O) groups is 1. The number of carbonyl (C=O) groups excluding carboxylic acids is 1. The summed E-state index contributed by atoms with van der Waals surface area (Å²) in [4.78, 5) is 10.7. The molecule has 0 N–H and O–H groups in total. The van der Waals surface area contributed by atoms with E-state index in [1.807, 2.05) is 0 Å². The molecule has 0 aromatic carbocycles. The van der Waals surface area contributed by atoms with Gasteiger partial charge >= 0.3 is 0 Å². The second-order valence-electron chi connectivity index (χ2n) is 4.20. The highest BCUT2D eigenvalue weighted by molar-refractivity contribution is 5.76. The summed E-state index contributed by atoms with van der Waals surface area (Å²) < 4.78 is 0. The van der Waals surface area contributed by atoms with Gasteiger partial charge in [-0.2, -0.15) is 0 Å². The lowest BCUT2D eigenvalue weighted by Gasteiger charge is -2.22. The minimum atomic E-state index is 0.604. The van der Waals surface area contributed by atoms with Gasteiger partial charge in [-0.05, 0) is 42.1 Å². The molecule has 0 aromatic heterocycles. The van der Waals surface area contributed by atoms with Crippen LogP contribution >= 0.6 is 0 Å². The van der Waals surface area contributed by atoms with Crippen molar-refractivity contribution in [1.82, 2.24) is 0 Å². The predicted octanol–water partition coefficient (Wildman–Crippen LogP) is 1.95. The Bertz CT molecular complexity index is 287. The van der Waals surface area contributed by atoms with Gasteiger partial charge in [-0.25, -0.2) is 0 Å². The van der Waals surface area contributed by atoms with Gasteiger partial charge in [0.25, 0.3) is 0 Å². The summed E-state index contributed by atoms with van der Waals surface area (Å²) in [6, 6.07) is 0. The summed E-state index contributed by atoms with van der Waals surface area (Å²) in [7, 11) is 0. The molecule has 0 aromatic rings. The molecule has 4 atom stereocenters. The Hall–Kier alpha value is -0.850. The number of fused-ring (bicyclic) bond motifs is 5. The van der Waals surface area contributed by atoms with Gasteiger partial charge in [0.05, 0.1) is 0 Å². The van der Waals surface area contributed by atoms with Gasteiger partial charge in [0, 0.05) is 0 Å². The maximum absolute atomic E-state index is 10.7. The van der Waals surface area contributed by atoms with Crippen molar-refractivity contribution in [3.8, 4) is 0 Å². The third-order valence-electron chi connectivity index (χ3n) is 3.77. The van der Waals surface area contributed by atoms with Crippen LogP contribution in [-0.4, -0.2) is 6.29 Å². The Labute approximate surface area is 72.2 Å².